The summed E-state index contributed by atoms with van der Waals surface area (Å²) in [5, 5.41) is 3.67. The van der Waals surface area contributed by atoms with Crippen molar-refractivity contribution in [3.63, 3.8) is 0 Å². The molecule has 0 fully saturated rings. The first-order valence-electron chi connectivity index (χ1n) is 4.35. The van der Waals surface area contributed by atoms with Gasteiger partial charge in [-0.15, -0.1) is 0 Å². The van der Waals surface area contributed by atoms with Crippen LogP contribution in [0.3, 0.4) is 0 Å². The van der Waals surface area contributed by atoms with E-state index in [2.05, 4.69) is 21.2 Å². The molecule has 5 N–H and O–H groups in total. The minimum atomic E-state index is -0.765. The van der Waals surface area contributed by atoms with E-state index in [0.717, 1.165) is 0 Å². The fraction of sp³-hybridized carbons (Fsp3) is 0.222. The molecule has 0 radical (unpaired) electrons. The first kappa shape index (κ1) is 13.6. The van der Waals surface area contributed by atoms with E-state index in [4.69, 9.17) is 34.7 Å². The Morgan fingerprint density at radius 3 is 2.62 bits per heavy atom. The maximum absolute atomic E-state index is 10.7. The number of primary amides is 1. The third-order valence-corrected chi connectivity index (χ3v) is 3.68. The van der Waals surface area contributed by atoms with Crippen molar-refractivity contribution in [2.24, 2.45) is 11.5 Å². The molecule has 0 aliphatic rings. The maximum Gasteiger partial charge on any atom is 0.236 e. The maximum atomic E-state index is 10.7. The summed E-state index contributed by atoms with van der Waals surface area (Å²) < 4.78 is 0.698. The van der Waals surface area contributed by atoms with E-state index in [0.29, 0.717) is 20.2 Å². The van der Waals surface area contributed by atoms with Gasteiger partial charge in [-0.05, 0) is 28.1 Å². The van der Waals surface area contributed by atoms with Gasteiger partial charge in [0.1, 0.15) is 6.04 Å². The van der Waals surface area contributed by atoms with E-state index in [1.165, 1.54) is 0 Å². The van der Waals surface area contributed by atoms with Crippen LogP contribution in [0, 0.1) is 0 Å². The number of amides is 1. The molecule has 0 saturated heterocycles. The van der Waals surface area contributed by atoms with Gasteiger partial charge in [0, 0.05) is 11.0 Å². The number of carbonyl (C=O) groups is 1. The van der Waals surface area contributed by atoms with Crippen LogP contribution in [0.1, 0.15) is 0 Å². The lowest BCUT2D eigenvalue weighted by Crippen LogP contribution is -2.41. The van der Waals surface area contributed by atoms with Crippen LogP contribution in [-0.2, 0) is 4.79 Å². The van der Waals surface area contributed by atoms with Gasteiger partial charge in [-0.1, -0.05) is 23.2 Å². The molecule has 1 aromatic carbocycles. The molecule has 0 bridgehead atoms. The number of benzene rings is 1. The summed E-state index contributed by atoms with van der Waals surface area (Å²) in [6, 6.07) is 2.71. The molecule has 1 atom stereocenters. The number of nitrogens with two attached hydrogens (primary N) is 2. The highest BCUT2D eigenvalue weighted by Gasteiger charge is 2.12. The van der Waals surface area contributed by atoms with Gasteiger partial charge in [-0.25, -0.2) is 0 Å². The fourth-order valence-corrected chi connectivity index (χ4v) is 1.82. The van der Waals surface area contributed by atoms with Crippen molar-refractivity contribution >= 4 is 50.7 Å². The van der Waals surface area contributed by atoms with E-state index in [9.17, 15) is 4.79 Å². The average Bonchev–Trinajstić information content (AvgIpc) is 2.24. The molecule has 1 amide bonds. The van der Waals surface area contributed by atoms with Crippen LogP contribution in [0.15, 0.2) is 16.6 Å². The normalized spacial score (nSPS) is 12.2. The lowest BCUT2D eigenvalue weighted by molar-refractivity contribution is -0.118. The molecule has 0 aliphatic carbocycles. The van der Waals surface area contributed by atoms with Crippen LogP contribution in [0.2, 0.25) is 10.0 Å². The van der Waals surface area contributed by atoms with Gasteiger partial charge >= 0.3 is 0 Å². The first-order chi connectivity index (χ1) is 7.43. The van der Waals surface area contributed by atoms with E-state index >= 15 is 0 Å². The Balaban J connectivity index is 2.75. The van der Waals surface area contributed by atoms with E-state index in [1.54, 1.807) is 12.1 Å². The van der Waals surface area contributed by atoms with Crippen LogP contribution >= 0.6 is 39.1 Å². The van der Waals surface area contributed by atoms with E-state index < -0.39 is 11.9 Å². The van der Waals surface area contributed by atoms with Crippen LogP contribution < -0.4 is 16.8 Å². The van der Waals surface area contributed by atoms with Crippen molar-refractivity contribution in [3.8, 4) is 0 Å². The Bertz CT molecular complexity index is 414. The Labute approximate surface area is 111 Å². The number of hydrogen-bond donors (Lipinski definition) is 3. The van der Waals surface area contributed by atoms with Crippen molar-refractivity contribution in [1.82, 2.24) is 0 Å². The predicted molar refractivity (Wildman–Crippen MR) is 69.8 cm³/mol. The average molecular weight is 327 g/mol. The number of hydrogen-bond acceptors (Lipinski definition) is 3. The summed E-state index contributed by atoms with van der Waals surface area (Å²) in [6.45, 7) is 0.201. The Morgan fingerprint density at radius 1 is 1.44 bits per heavy atom. The molecule has 1 unspecified atom stereocenters. The number of halogens is 3. The number of rotatable bonds is 4. The third-order valence-electron chi connectivity index (χ3n) is 1.91. The summed E-state index contributed by atoms with van der Waals surface area (Å²) in [5.41, 5.74) is 11.1. The second-order valence-corrected chi connectivity index (χ2v) is 4.72. The topological polar surface area (TPSA) is 81.1 Å². The van der Waals surface area contributed by atoms with Crippen molar-refractivity contribution < 1.29 is 4.79 Å². The fourth-order valence-electron chi connectivity index (χ4n) is 0.983. The van der Waals surface area contributed by atoms with Gasteiger partial charge in [0.05, 0.1) is 15.7 Å². The largest absolute Gasteiger partial charge is 0.382 e. The molecular formula is C9H10BrCl2N3O. The quantitative estimate of drug-likeness (QED) is 0.740. The molecule has 0 aliphatic heterocycles. The molecule has 0 aromatic heterocycles. The SMILES string of the molecule is NC(=O)C(N)CNc1ccc(Br)c(Cl)c1Cl. The van der Waals surface area contributed by atoms with E-state index in [1.807, 2.05) is 0 Å². The monoisotopic (exact) mass is 325 g/mol. The van der Waals surface area contributed by atoms with Gasteiger partial charge in [0.15, 0.2) is 0 Å². The Kier molecular flexibility index (Phi) is 4.86. The van der Waals surface area contributed by atoms with Crippen molar-refractivity contribution in [2.75, 3.05) is 11.9 Å². The molecule has 7 heteroatoms. The molecule has 0 heterocycles. The summed E-state index contributed by atoms with van der Waals surface area (Å²) in [7, 11) is 0. The zero-order valence-corrected chi connectivity index (χ0v) is 11.2. The van der Waals surface area contributed by atoms with Crippen molar-refractivity contribution in [3.05, 3.63) is 26.7 Å². The zero-order chi connectivity index (χ0) is 12.3. The van der Waals surface area contributed by atoms with Gasteiger partial charge in [-0.3, -0.25) is 4.79 Å². The van der Waals surface area contributed by atoms with E-state index in [-0.39, 0.29) is 6.54 Å². The first-order valence-corrected chi connectivity index (χ1v) is 5.90. The summed E-state index contributed by atoms with van der Waals surface area (Å²) >= 11 is 15.1. The van der Waals surface area contributed by atoms with Crippen LogP contribution in [0.4, 0.5) is 5.69 Å². The smallest absolute Gasteiger partial charge is 0.236 e. The molecule has 0 saturated carbocycles. The lowest BCUT2D eigenvalue weighted by Gasteiger charge is -2.12. The molecule has 16 heavy (non-hydrogen) atoms. The highest BCUT2D eigenvalue weighted by Crippen LogP contribution is 2.35. The lowest BCUT2D eigenvalue weighted by atomic mass is 10.2. The minimum Gasteiger partial charge on any atom is -0.382 e. The van der Waals surface area contributed by atoms with Crippen molar-refractivity contribution in [1.29, 1.82) is 0 Å². The predicted octanol–water partition coefficient (Wildman–Crippen LogP) is 1.98. The summed E-state index contributed by atoms with van der Waals surface area (Å²) in [6.07, 6.45) is 0. The van der Waals surface area contributed by atoms with Crippen molar-refractivity contribution in [2.45, 2.75) is 6.04 Å². The molecule has 4 nitrogen and oxygen atoms in total. The molecule has 1 aromatic rings. The second-order valence-electron chi connectivity index (χ2n) is 3.11. The minimum absolute atomic E-state index is 0.201. The zero-order valence-electron chi connectivity index (χ0n) is 8.14. The number of nitrogens with one attached hydrogen (secondary N) is 1. The molecule has 88 valence electrons. The molecule has 0 spiro atoms. The number of anilines is 1. The van der Waals surface area contributed by atoms with Gasteiger partial charge in [0.25, 0.3) is 0 Å². The third kappa shape index (κ3) is 3.25. The van der Waals surface area contributed by atoms with Gasteiger partial charge < -0.3 is 16.8 Å². The summed E-state index contributed by atoms with van der Waals surface area (Å²) in [4.78, 5) is 10.7. The highest BCUT2D eigenvalue weighted by molar-refractivity contribution is 9.10. The second kappa shape index (κ2) is 5.72. The standard InChI is InChI=1S/C9H10BrCl2N3O/c10-4-1-2-6(8(12)7(4)11)15-3-5(13)9(14)16/h1-2,5,15H,3,13H2,(H2,14,16). The Hall–Kier alpha value is -0.490. The summed E-state index contributed by atoms with van der Waals surface area (Å²) in [5.74, 6) is -0.577. The number of carbonyl (C=O) groups excluding carboxylic acids is 1. The van der Waals surface area contributed by atoms with Gasteiger partial charge in [-0.2, -0.15) is 0 Å². The van der Waals surface area contributed by atoms with Crippen LogP contribution in [0.5, 0.6) is 0 Å². The van der Waals surface area contributed by atoms with Crippen LogP contribution in [0.25, 0.3) is 0 Å². The Morgan fingerprint density at radius 2 is 2.06 bits per heavy atom. The molecule has 1 rings (SSSR count). The van der Waals surface area contributed by atoms with Crippen LogP contribution in [-0.4, -0.2) is 18.5 Å². The van der Waals surface area contributed by atoms with Gasteiger partial charge in [0.2, 0.25) is 5.91 Å². The molecular weight excluding hydrogens is 317 g/mol. The highest BCUT2D eigenvalue weighted by atomic mass is 79.9.